The number of rotatable bonds is 2. The van der Waals surface area contributed by atoms with Crippen molar-refractivity contribution in [1.82, 2.24) is 19.9 Å². The fourth-order valence-corrected chi connectivity index (χ4v) is 2.77. The molecule has 3 rings (SSSR count). The van der Waals surface area contributed by atoms with Gasteiger partial charge in [0.1, 0.15) is 11.9 Å². The zero-order chi connectivity index (χ0) is 16.6. The first kappa shape index (κ1) is 15.6. The number of hydrogen-bond donors (Lipinski definition) is 0. The lowest BCUT2D eigenvalue weighted by Crippen LogP contribution is -2.49. The van der Waals surface area contributed by atoms with Gasteiger partial charge in [-0.25, -0.2) is 4.39 Å². The number of piperazine rings is 1. The molecule has 6 nitrogen and oxygen atoms in total. The highest BCUT2D eigenvalue weighted by atomic mass is 19.1. The van der Waals surface area contributed by atoms with Gasteiger partial charge in [-0.05, 0) is 38.6 Å². The first-order chi connectivity index (χ1) is 11.0. The molecule has 1 fully saturated rings. The van der Waals surface area contributed by atoms with Crippen LogP contribution >= 0.6 is 0 Å². The zero-order valence-corrected chi connectivity index (χ0v) is 13.4. The lowest BCUT2D eigenvalue weighted by Gasteiger charge is -2.37. The van der Waals surface area contributed by atoms with Crippen LogP contribution in [-0.4, -0.2) is 52.5 Å². The van der Waals surface area contributed by atoms with Gasteiger partial charge < -0.3 is 9.42 Å². The van der Waals surface area contributed by atoms with E-state index in [1.165, 1.54) is 12.1 Å². The van der Waals surface area contributed by atoms with Crippen LogP contribution in [0.5, 0.6) is 0 Å². The second-order valence-electron chi connectivity index (χ2n) is 5.89. The van der Waals surface area contributed by atoms with Crippen molar-refractivity contribution in [3.63, 3.8) is 0 Å². The molecule has 0 saturated carbocycles. The molecule has 2 aromatic rings. The van der Waals surface area contributed by atoms with Gasteiger partial charge in [-0.15, -0.1) is 0 Å². The predicted molar refractivity (Wildman–Crippen MR) is 81.4 cm³/mol. The average molecular weight is 318 g/mol. The van der Waals surface area contributed by atoms with Crippen LogP contribution in [0.25, 0.3) is 0 Å². The van der Waals surface area contributed by atoms with Crippen molar-refractivity contribution in [2.75, 3.05) is 26.7 Å². The third-order valence-electron chi connectivity index (χ3n) is 4.19. The molecule has 0 bridgehead atoms. The Morgan fingerprint density at radius 3 is 2.83 bits per heavy atom. The van der Waals surface area contributed by atoms with E-state index >= 15 is 0 Å². The monoisotopic (exact) mass is 318 g/mol. The first-order valence-electron chi connectivity index (χ1n) is 7.51. The number of halogens is 1. The number of likely N-dealkylation sites (N-methyl/N-ethyl adjacent to an activating group) is 1. The molecule has 1 unspecified atom stereocenters. The minimum absolute atomic E-state index is 0.150. The lowest BCUT2D eigenvalue weighted by atomic mass is 10.1. The Labute approximate surface area is 133 Å². The molecule has 0 aliphatic carbocycles. The first-order valence-corrected chi connectivity index (χ1v) is 7.51. The molecule has 7 heteroatoms. The Hall–Kier alpha value is -2.28. The van der Waals surface area contributed by atoms with Crippen molar-refractivity contribution >= 4 is 5.91 Å². The van der Waals surface area contributed by atoms with Crippen molar-refractivity contribution in [2.24, 2.45) is 0 Å². The van der Waals surface area contributed by atoms with Gasteiger partial charge in [0.05, 0.1) is 0 Å². The molecule has 0 N–H and O–H groups in total. The number of carbonyl (C=O) groups is 1. The summed E-state index contributed by atoms with van der Waals surface area (Å²) >= 11 is 0. The number of carbonyl (C=O) groups excluding carboxylic acids is 1. The summed E-state index contributed by atoms with van der Waals surface area (Å²) in [7, 11) is 1.96. The van der Waals surface area contributed by atoms with Gasteiger partial charge in [0.2, 0.25) is 5.89 Å². The molecule has 1 aliphatic rings. The summed E-state index contributed by atoms with van der Waals surface area (Å²) in [5.41, 5.74) is 1.16. The van der Waals surface area contributed by atoms with Crippen LogP contribution in [0.3, 0.4) is 0 Å². The Kier molecular flexibility index (Phi) is 4.12. The predicted octanol–water partition coefficient (Wildman–Crippen LogP) is 1.95. The number of amides is 1. The molecule has 0 spiro atoms. The molecule has 1 aliphatic heterocycles. The molecular formula is C16H19FN4O2. The highest BCUT2D eigenvalue weighted by Gasteiger charge is 2.32. The molecule has 1 atom stereocenters. The number of aryl methyl sites for hydroxylation is 2. The summed E-state index contributed by atoms with van der Waals surface area (Å²) in [6.45, 7) is 5.27. The van der Waals surface area contributed by atoms with Crippen LogP contribution in [0.1, 0.15) is 33.7 Å². The van der Waals surface area contributed by atoms with Crippen molar-refractivity contribution < 1.29 is 13.7 Å². The average Bonchev–Trinajstić information content (AvgIpc) is 2.96. The van der Waals surface area contributed by atoms with Gasteiger partial charge in [-0.3, -0.25) is 9.69 Å². The fraction of sp³-hybridized carbons (Fsp3) is 0.438. The van der Waals surface area contributed by atoms with Crippen molar-refractivity contribution in [3.05, 3.63) is 46.9 Å². The van der Waals surface area contributed by atoms with Gasteiger partial charge in [0.25, 0.3) is 5.91 Å². The number of nitrogens with zero attached hydrogens (tertiary/aromatic N) is 4. The smallest absolute Gasteiger partial charge is 0.254 e. The molecule has 122 valence electrons. The number of hydrogen-bond acceptors (Lipinski definition) is 5. The minimum atomic E-state index is -0.405. The Morgan fingerprint density at radius 2 is 2.13 bits per heavy atom. The molecular weight excluding hydrogens is 299 g/mol. The Morgan fingerprint density at radius 1 is 1.35 bits per heavy atom. The Bertz CT molecular complexity index is 731. The summed E-state index contributed by atoms with van der Waals surface area (Å²) in [4.78, 5) is 20.8. The summed E-state index contributed by atoms with van der Waals surface area (Å²) in [5, 5.41) is 3.81. The van der Waals surface area contributed by atoms with Crippen LogP contribution in [0.2, 0.25) is 0 Å². The fourth-order valence-electron chi connectivity index (χ4n) is 2.77. The second kappa shape index (κ2) is 6.08. The van der Waals surface area contributed by atoms with E-state index in [-0.39, 0.29) is 11.9 Å². The van der Waals surface area contributed by atoms with Crippen LogP contribution in [0.15, 0.2) is 22.7 Å². The van der Waals surface area contributed by atoms with Gasteiger partial charge in [-0.2, -0.15) is 4.98 Å². The van der Waals surface area contributed by atoms with Crippen LogP contribution < -0.4 is 0 Å². The van der Waals surface area contributed by atoms with E-state index in [2.05, 4.69) is 15.0 Å². The van der Waals surface area contributed by atoms with Gasteiger partial charge in [-0.1, -0.05) is 11.2 Å². The molecule has 2 heterocycles. The van der Waals surface area contributed by atoms with Crippen LogP contribution in [-0.2, 0) is 0 Å². The van der Waals surface area contributed by atoms with E-state index in [1.54, 1.807) is 17.9 Å². The van der Waals surface area contributed by atoms with Gasteiger partial charge in [0, 0.05) is 25.2 Å². The van der Waals surface area contributed by atoms with E-state index in [1.807, 2.05) is 14.0 Å². The molecule has 1 amide bonds. The maximum Gasteiger partial charge on any atom is 0.254 e. The molecule has 1 aromatic carbocycles. The minimum Gasteiger partial charge on any atom is -0.338 e. The van der Waals surface area contributed by atoms with E-state index in [4.69, 9.17) is 4.52 Å². The van der Waals surface area contributed by atoms with Crippen molar-refractivity contribution in [3.8, 4) is 0 Å². The van der Waals surface area contributed by atoms with E-state index in [0.29, 0.717) is 36.9 Å². The van der Waals surface area contributed by atoms with E-state index in [0.717, 1.165) is 5.56 Å². The Balaban J connectivity index is 1.83. The molecule has 1 saturated heterocycles. The summed E-state index contributed by atoms with van der Waals surface area (Å²) < 4.78 is 18.7. The standard InChI is InChI=1S/C16H19FN4O2/c1-10-4-5-12(17)8-13(10)16(22)21-7-6-20(3)14(9-21)15-18-11(2)19-23-15/h4-5,8,14H,6-7,9H2,1-3H3. The van der Waals surface area contributed by atoms with E-state index in [9.17, 15) is 9.18 Å². The van der Waals surface area contributed by atoms with Crippen LogP contribution in [0.4, 0.5) is 4.39 Å². The van der Waals surface area contributed by atoms with Crippen LogP contribution in [0, 0.1) is 19.7 Å². The maximum atomic E-state index is 13.5. The normalized spacial score (nSPS) is 19.1. The summed E-state index contributed by atoms with van der Waals surface area (Å²) in [6, 6.07) is 4.13. The SMILES string of the molecule is Cc1noc(C2CN(C(=O)c3cc(F)ccc3C)CCN2C)n1. The third kappa shape index (κ3) is 3.10. The summed E-state index contributed by atoms with van der Waals surface area (Å²) in [6.07, 6.45) is 0. The largest absolute Gasteiger partial charge is 0.338 e. The highest BCUT2D eigenvalue weighted by Crippen LogP contribution is 2.24. The lowest BCUT2D eigenvalue weighted by molar-refractivity contribution is 0.0488. The van der Waals surface area contributed by atoms with E-state index < -0.39 is 5.82 Å². The third-order valence-corrected chi connectivity index (χ3v) is 4.19. The quantitative estimate of drug-likeness (QED) is 0.847. The van der Waals surface area contributed by atoms with Crippen molar-refractivity contribution in [2.45, 2.75) is 19.9 Å². The second-order valence-corrected chi connectivity index (χ2v) is 5.89. The van der Waals surface area contributed by atoms with Crippen molar-refractivity contribution in [1.29, 1.82) is 0 Å². The zero-order valence-electron chi connectivity index (χ0n) is 13.4. The maximum absolute atomic E-state index is 13.5. The molecule has 23 heavy (non-hydrogen) atoms. The highest BCUT2D eigenvalue weighted by molar-refractivity contribution is 5.95. The molecule has 0 radical (unpaired) electrons. The number of benzene rings is 1. The summed E-state index contributed by atoms with van der Waals surface area (Å²) in [5.74, 6) is 0.491. The number of aromatic nitrogens is 2. The molecule has 1 aromatic heterocycles. The topological polar surface area (TPSA) is 62.5 Å². The van der Waals surface area contributed by atoms with Gasteiger partial charge in [0.15, 0.2) is 5.82 Å². The van der Waals surface area contributed by atoms with Gasteiger partial charge >= 0.3 is 0 Å².